The number of aryl methyl sites for hydroxylation is 1. The average Bonchev–Trinajstić information content (AvgIpc) is 2.38. The number of aliphatic imine (C=N–C) groups is 1. The van der Waals surface area contributed by atoms with Crippen molar-refractivity contribution in [3.63, 3.8) is 0 Å². The van der Waals surface area contributed by atoms with Gasteiger partial charge in [-0.15, -0.1) is 11.8 Å². The van der Waals surface area contributed by atoms with Gasteiger partial charge in [0, 0.05) is 0 Å². The summed E-state index contributed by atoms with van der Waals surface area (Å²) in [4.78, 5) is 4.18. The van der Waals surface area contributed by atoms with E-state index < -0.39 is 11.7 Å². The van der Waals surface area contributed by atoms with Crippen LogP contribution in [0.5, 0.6) is 0 Å². The Bertz CT molecular complexity index is 415. The predicted molar refractivity (Wildman–Crippen MR) is 72.7 cm³/mol. The molecule has 0 amide bonds. The van der Waals surface area contributed by atoms with E-state index in [1.807, 2.05) is 6.26 Å². The minimum absolute atomic E-state index is 0.00431. The number of aliphatic hydroxyl groups is 1. The molecular formula is C13H16F3NOS. The molecule has 0 aliphatic rings. The molecule has 0 heterocycles. The van der Waals surface area contributed by atoms with Gasteiger partial charge < -0.3 is 5.11 Å². The largest absolute Gasteiger partial charge is 0.416 e. The van der Waals surface area contributed by atoms with E-state index in [-0.39, 0.29) is 6.61 Å². The second-order valence-corrected chi connectivity index (χ2v) is 4.78. The lowest BCUT2D eigenvalue weighted by Gasteiger charge is -2.08. The van der Waals surface area contributed by atoms with Crippen molar-refractivity contribution in [2.24, 2.45) is 4.99 Å². The number of hydrogen-bond acceptors (Lipinski definition) is 3. The zero-order valence-corrected chi connectivity index (χ0v) is 11.4. The van der Waals surface area contributed by atoms with Gasteiger partial charge in [0.25, 0.3) is 0 Å². The molecule has 2 nitrogen and oxygen atoms in total. The smallest absolute Gasteiger partial charge is 0.394 e. The quantitative estimate of drug-likeness (QED) is 0.666. The molecule has 19 heavy (non-hydrogen) atoms. The van der Waals surface area contributed by atoms with Crippen molar-refractivity contribution in [1.29, 1.82) is 0 Å². The summed E-state index contributed by atoms with van der Waals surface area (Å²) in [6.45, 7) is 0.369. The normalized spacial score (nSPS) is 12.8. The van der Waals surface area contributed by atoms with Gasteiger partial charge in [-0.1, -0.05) is 12.1 Å². The number of nitrogens with zero attached hydrogens (tertiary/aromatic N) is 1. The molecule has 0 radical (unpaired) electrons. The van der Waals surface area contributed by atoms with Crippen LogP contribution in [0.25, 0.3) is 0 Å². The highest BCUT2D eigenvalue weighted by atomic mass is 32.2. The number of aliphatic hydroxyl groups excluding tert-OH is 1. The summed E-state index contributed by atoms with van der Waals surface area (Å²) in [6, 6.07) is 5.18. The number of hydrogen-bond donors (Lipinski definition) is 1. The summed E-state index contributed by atoms with van der Waals surface area (Å²) < 4.78 is 37.1. The first kappa shape index (κ1) is 16.0. The molecule has 0 saturated carbocycles. The minimum Gasteiger partial charge on any atom is -0.394 e. The van der Waals surface area contributed by atoms with E-state index >= 15 is 0 Å². The Hall–Kier alpha value is -1.01. The minimum atomic E-state index is -4.29. The zero-order chi connectivity index (χ0) is 14.3. The van der Waals surface area contributed by atoms with Crippen molar-refractivity contribution < 1.29 is 18.3 Å². The third-order valence-electron chi connectivity index (χ3n) is 2.53. The van der Waals surface area contributed by atoms with Crippen LogP contribution in [0.4, 0.5) is 13.2 Å². The van der Waals surface area contributed by atoms with Gasteiger partial charge in [-0.25, -0.2) is 0 Å². The van der Waals surface area contributed by atoms with E-state index in [2.05, 4.69) is 4.99 Å². The Labute approximate surface area is 114 Å². The van der Waals surface area contributed by atoms with Crippen LogP contribution in [0, 0.1) is 0 Å². The Balaban J connectivity index is 2.59. The fourth-order valence-electron chi connectivity index (χ4n) is 1.53. The van der Waals surface area contributed by atoms with Crippen LogP contribution in [0.15, 0.2) is 29.3 Å². The summed E-state index contributed by atoms with van der Waals surface area (Å²) in [5.41, 5.74) is 0.217. The SMILES string of the molecule is CSC(CCc1ccc(C(F)(F)F)cc1)=NCCO. The molecule has 1 N–H and O–H groups in total. The lowest BCUT2D eigenvalue weighted by Crippen LogP contribution is -2.05. The standard InChI is InChI=1S/C13H16F3NOS/c1-19-12(17-8-9-18)7-4-10-2-5-11(6-3-10)13(14,15)16/h2-3,5-6,18H,4,7-9H2,1H3. The van der Waals surface area contributed by atoms with Gasteiger partial charge in [0.2, 0.25) is 0 Å². The van der Waals surface area contributed by atoms with E-state index in [4.69, 9.17) is 5.11 Å². The first-order valence-corrected chi connectivity index (χ1v) is 7.04. The van der Waals surface area contributed by atoms with Crippen LogP contribution < -0.4 is 0 Å². The summed E-state index contributed by atoms with van der Waals surface area (Å²) in [6.07, 6.45) is -1.08. The van der Waals surface area contributed by atoms with Crippen LogP contribution in [-0.2, 0) is 12.6 Å². The Morgan fingerprint density at radius 1 is 1.26 bits per heavy atom. The molecule has 1 aromatic rings. The molecule has 0 saturated heterocycles. The molecule has 0 atom stereocenters. The van der Waals surface area contributed by atoms with Crippen molar-refractivity contribution in [3.05, 3.63) is 35.4 Å². The maximum absolute atomic E-state index is 12.4. The second kappa shape index (κ2) is 7.55. The third-order valence-corrected chi connectivity index (χ3v) is 3.34. The third kappa shape index (κ3) is 5.65. The molecule has 0 bridgehead atoms. The molecule has 1 rings (SSSR count). The maximum Gasteiger partial charge on any atom is 0.416 e. The van der Waals surface area contributed by atoms with Gasteiger partial charge in [-0.2, -0.15) is 13.2 Å². The van der Waals surface area contributed by atoms with Crippen LogP contribution in [0.1, 0.15) is 17.5 Å². The van der Waals surface area contributed by atoms with Crippen molar-refractivity contribution in [2.75, 3.05) is 19.4 Å². The van der Waals surface area contributed by atoms with Gasteiger partial charge in [0.1, 0.15) is 0 Å². The van der Waals surface area contributed by atoms with E-state index in [1.165, 1.54) is 23.9 Å². The van der Waals surface area contributed by atoms with Crippen LogP contribution >= 0.6 is 11.8 Å². The highest BCUT2D eigenvalue weighted by Crippen LogP contribution is 2.29. The summed E-state index contributed by atoms with van der Waals surface area (Å²) in [7, 11) is 0. The number of thioether (sulfide) groups is 1. The van der Waals surface area contributed by atoms with E-state index in [0.717, 1.165) is 22.7 Å². The molecule has 6 heteroatoms. The monoisotopic (exact) mass is 291 g/mol. The van der Waals surface area contributed by atoms with E-state index in [1.54, 1.807) is 0 Å². The number of alkyl halides is 3. The molecular weight excluding hydrogens is 275 g/mol. The van der Waals surface area contributed by atoms with Gasteiger partial charge in [0.05, 0.1) is 23.8 Å². The van der Waals surface area contributed by atoms with Crippen LogP contribution in [0.2, 0.25) is 0 Å². The fraction of sp³-hybridized carbons (Fsp3) is 0.462. The lowest BCUT2D eigenvalue weighted by atomic mass is 10.1. The predicted octanol–water partition coefficient (Wildman–Crippen LogP) is 3.39. The molecule has 0 aliphatic heterocycles. The first-order chi connectivity index (χ1) is 8.97. The van der Waals surface area contributed by atoms with Gasteiger partial charge in [-0.05, 0) is 36.8 Å². The molecule has 0 unspecified atom stereocenters. The topological polar surface area (TPSA) is 32.6 Å². The van der Waals surface area contributed by atoms with E-state index in [0.29, 0.717) is 19.4 Å². The molecule has 1 aromatic carbocycles. The van der Waals surface area contributed by atoms with Crippen molar-refractivity contribution in [1.82, 2.24) is 0 Å². The fourth-order valence-corrected chi connectivity index (χ4v) is 2.06. The van der Waals surface area contributed by atoms with Gasteiger partial charge in [-0.3, -0.25) is 4.99 Å². The molecule has 0 fully saturated rings. The number of halogens is 3. The summed E-state index contributed by atoms with van der Waals surface area (Å²) in [5.74, 6) is 0. The number of rotatable bonds is 5. The van der Waals surface area contributed by atoms with E-state index in [9.17, 15) is 13.2 Å². The highest BCUT2D eigenvalue weighted by molar-refractivity contribution is 8.13. The molecule has 0 aromatic heterocycles. The van der Waals surface area contributed by atoms with Gasteiger partial charge in [0.15, 0.2) is 0 Å². The summed E-state index contributed by atoms with van der Waals surface area (Å²) >= 11 is 1.50. The Morgan fingerprint density at radius 3 is 2.37 bits per heavy atom. The molecule has 106 valence electrons. The number of benzene rings is 1. The van der Waals surface area contributed by atoms with Crippen molar-refractivity contribution >= 4 is 16.8 Å². The zero-order valence-electron chi connectivity index (χ0n) is 10.6. The van der Waals surface area contributed by atoms with Crippen LogP contribution in [-0.4, -0.2) is 29.6 Å². The van der Waals surface area contributed by atoms with Crippen LogP contribution in [0.3, 0.4) is 0 Å². The highest BCUT2D eigenvalue weighted by Gasteiger charge is 2.29. The van der Waals surface area contributed by atoms with Crippen molar-refractivity contribution in [2.45, 2.75) is 19.0 Å². The Kier molecular flexibility index (Phi) is 6.37. The summed E-state index contributed by atoms with van der Waals surface area (Å²) in [5, 5.41) is 9.58. The maximum atomic E-state index is 12.4. The second-order valence-electron chi connectivity index (χ2n) is 3.90. The molecule has 0 aliphatic carbocycles. The lowest BCUT2D eigenvalue weighted by molar-refractivity contribution is -0.137. The van der Waals surface area contributed by atoms with Crippen molar-refractivity contribution in [3.8, 4) is 0 Å². The van der Waals surface area contributed by atoms with Gasteiger partial charge >= 0.3 is 6.18 Å². The first-order valence-electron chi connectivity index (χ1n) is 5.81. The molecule has 0 spiro atoms. The average molecular weight is 291 g/mol. The Morgan fingerprint density at radius 2 is 1.89 bits per heavy atom.